The first-order valence-corrected chi connectivity index (χ1v) is 14.3. The maximum Gasteiger partial charge on any atom is 1.00 e. The van der Waals surface area contributed by atoms with Crippen molar-refractivity contribution in [2.75, 3.05) is 13.7 Å². The van der Waals surface area contributed by atoms with Crippen molar-refractivity contribution >= 4 is 10.1 Å². The van der Waals surface area contributed by atoms with E-state index in [9.17, 15) is 18.1 Å². The van der Waals surface area contributed by atoms with E-state index >= 15 is 0 Å². The van der Waals surface area contributed by atoms with E-state index in [1.807, 2.05) is 0 Å². The molecule has 34 heavy (non-hydrogen) atoms. The first kappa shape index (κ1) is 33.7. The second-order valence-corrected chi connectivity index (χ2v) is 10.3. The fourth-order valence-corrected chi connectivity index (χ4v) is 4.44. The molecule has 1 N–H and O–H groups in total. The number of unbranched alkanes of at least 4 members (excludes halogenated alkanes) is 15. The largest absolute Gasteiger partial charge is 1.00 e. The van der Waals surface area contributed by atoms with E-state index in [1.165, 1.54) is 115 Å². The van der Waals surface area contributed by atoms with Crippen LogP contribution in [-0.2, 0) is 10.1 Å². The number of rotatable bonds is 21. The molecule has 6 nitrogen and oxygen atoms in total. The van der Waals surface area contributed by atoms with Crippen LogP contribution in [0.2, 0.25) is 0 Å². The summed E-state index contributed by atoms with van der Waals surface area (Å²) in [5.41, 5.74) is -2.14. The van der Waals surface area contributed by atoms with Crippen molar-refractivity contribution in [3.63, 3.8) is 0 Å². The molecule has 0 radical (unpaired) electrons. The van der Waals surface area contributed by atoms with Gasteiger partial charge in [-0.25, -0.2) is 8.42 Å². The average Bonchev–Trinajstić information content (AvgIpc) is 2.80. The summed E-state index contributed by atoms with van der Waals surface area (Å²) in [5, 5.41) is 9.60. The Kier molecular flexibility index (Phi) is 20.6. The normalized spacial score (nSPS) is 12.2. The number of ether oxygens (including phenoxy) is 2. The first-order chi connectivity index (χ1) is 15.9. The van der Waals surface area contributed by atoms with Gasteiger partial charge in [0, 0.05) is 0 Å². The fraction of sp³-hybridized carbons (Fsp3) is 0.769. The Balaban J connectivity index is 0.0000109. The minimum atomic E-state index is -4.83. The van der Waals surface area contributed by atoms with Crippen LogP contribution in [0.5, 0.6) is 11.5 Å². The van der Waals surface area contributed by atoms with Crippen LogP contribution in [0.25, 0.3) is 0 Å². The maximum absolute atomic E-state index is 11.0. The first-order valence-electron chi connectivity index (χ1n) is 12.8. The van der Waals surface area contributed by atoms with E-state index in [2.05, 4.69) is 6.92 Å². The van der Waals surface area contributed by atoms with E-state index in [1.54, 1.807) is 0 Å². The van der Waals surface area contributed by atoms with Crippen molar-refractivity contribution in [1.82, 2.24) is 0 Å². The Bertz CT molecular complexity index is 726. The van der Waals surface area contributed by atoms with Crippen LogP contribution in [0, 0.1) is 0 Å². The van der Waals surface area contributed by atoms with Crippen molar-refractivity contribution in [2.24, 2.45) is 0 Å². The summed E-state index contributed by atoms with van der Waals surface area (Å²) in [7, 11) is -3.40. The molecule has 0 aromatic heterocycles. The third-order valence-electron chi connectivity index (χ3n) is 6.00. The van der Waals surface area contributed by atoms with Crippen LogP contribution in [-0.4, -0.2) is 31.8 Å². The molecule has 8 heteroatoms. The van der Waals surface area contributed by atoms with E-state index < -0.39 is 15.6 Å². The molecule has 0 aliphatic carbocycles. The Hall–Kier alpha value is -0.310. The molecule has 0 spiro atoms. The van der Waals surface area contributed by atoms with Gasteiger partial charge in [-0.1, -0.05) is 109 Å². The van der Waals surface area contributed by atoms with Crippen LogP contribution in [0.1, 0.15) is 121 Å². The number of aliphatic hydroxyl groups is 1. The summed E-state index contributed by atoms with van der Waals surface area (Å²) in [4.78, 5) is 0. The molecule has 0 saturated carbocycles. The van der Waals surface area contributed by atoms with Crippen molar-refractivity contribution in [1.29, 1.82) is 0 Å². The molecule has 0 aliphatic heterocycles. The van der Waals surface area contributed by atoms with Crippen LogP contribution in [0.15, 0.2) is 18.2 Å². The van der Waals surface area contributed by atoms with Crippen LogP contribution >= 0.6 is 0 Å². The van der Waals surface area contributed by atoms with Crippen molar-refractivity contribution in [3.05, 3.63) is 23.8 Å². The zero-order valence-corrected chi connectivity index (χ0v) is 24.5. The third-order valence-corrected chi connectivity index (χ3v) is 6.82. The second-order valence-electron chi connectivity index (χ2n) is 8.91. The molecule has 1 rings (SSSR count). The van der Waals surface area contributed by atoms with Gasteiger partial charge in [-0.2, -0.15) is 0 Å². The molecule has 1 atom stereocenters. The number of hydrogen-bond donors (Lipinski definition) is 1. The molecular formula is C26H45NaO6S. The Morgan fingerprint density at radius 3 is 1.65 bits per heavy atom. The number of methoxy groups -OCH3 is 1. The summed E-state index contributed by atoms with van der Waals surface area (Å²) in [6.07, 6.45) is 21.0. The number of aliphatic hydroxyl groups excluding tert-OH is 1. The average molecular weight is 509 g/mol. The minimum absolute atomic E-state index is 0. The molecule has 1 aromatic rings. The predicted octanol–water partition coefficient (Wildman–Crippen LogP) is 3.88. The van der Waals surface area contributed by atoms with Gasteiger partial charge >= 0.3 is 29.6 Å². The van der Waals surface area contributed by atoms with E-state index in [4.69, 9.17) is 9.47 Å². The molecule has 0 saturated heterocycles. The van der Waals surface area contributed by atoms with Gasteiger partial charge in [0.15, 0.2) is 16.9 Å². The van der Waals surface area contributed by atoms with Gasteiger partial charge in [0.2, 0.25) is 0 Å². The smallest absolute Gasteiger partial charge is 0.746 e. The Morgan fingerprint density at radius 1 is 0.794 bits per heavy atom. The summed E-state index contributed by atoms with van der Waals surface area (Å²) < 4.78 is 43.9. The Labute approximate surface area is 230 Å². The van der Waals surface area contributed by atoms with Crippen molar-refractivity contribution < 1.29 is 57.1 Å². The van der Waals surface area contributed by atoms with Gasteiger partial charge in [0.25, 0.3) is 0 Å². The van der Waals surface area contributed by atoms with E-state index in [0.717, 1.165) is 12.8 Å². The van der Waals surface area contributed by atoms with Crippen LogP contribution in [0.4, 0.5) is 0 Å². The molecule has 0 fully saturated rings. The van der Waals surface area contributed by atoms with Crippen LogP contribution in [0.3, 0.4) is 0 Å². The third kappa shape index (κ3) is 15.6. The molecule has 1 aromatic carbocycles. The molecule has 192 valence electrons. The molecule has 0 amide bonds. The monoisotopic (exact) mass is 508 g/mol. The van der Waals surface area contributed by atoms with Gasteiger partial charge in [-0.05, 0) is 24.1 Å². The molecule has 0 bridgehead atoms. The van der Waals surface area contributed by atoms with Gasteiger partial charge < -0.3 is 19.1 Å². The summed E-state index contributed by atoms with van der Waals surface area (Å²) in [6, 6.07) is 4.21. The van der Waals surface area contributed by atoms with E-state index in [0.29, 0.717) is 18.1 Å². The summed E-state index contributed by atoms with van der Waals surface area (Å²) in [6.45, 7) is 2.80. The minimum Gasteiger partial charge on any atom is -0.746 e. The number of benzene rings is 1. The quantitative estimate of drug-likeness (QED) is 0.154. The standard InChI is InChI=1S/C26H46O6S.Na/c1-3-4-5-6-7-8-9-10-11-12-13-14-15-16-17-18-21-32-24-20-19-23(22-25(24)31-2)26(27)33(28,29)30;/h19-20,22,26-27H,3-18,21H2,1-2H3,(H,28,29,30);/q;+1/p-1. The zero-order valence-electron chi connectivity index (χ0n) is 21.7. The molecule has 0 heterocycles. The maximum atomic E-state index is 11.0. The van der Waals surface area contributed by atoms with Gasteiger partial charge in [-0.15, -0.1) is 0 Å². The molecule has 1 unspecified atom stereocenters. The van der Waals surface area contributed by atoms with Gasteiger partial charge in [0.1, 0.15) is 10.1 Å². The summed E-state index contributed by atoms with van der Waals surface area (Å²) in [5.74, 6) is 0.768. The SMILES string of the molecule is CCCCCCCCCCCCCCCCCCOc1ccc(C(O)S(=O)(=O)[O-])cc1OC.[Na+]. The van der Waals surface area contributed by atoms with Crippen molar-refractivity contribution in [2.45, 2.75) is 115 Å². The molecular weight excluding hydrogens is 463 g/mol. The van der Waals surface area contributed by atoms with Gasteiger partial charge in [-0.3, -0.25) is 0 Å². The summed E-state index contributed by atoms with van der Waals surface area (Å²) >= 11 is 0. The molecule has 0 aliphatic rings. The van der Waals surface area contributed by atoms with Crippen LogP contribution < -0.4 is 39.0 Å². The van der Waals surface area contributed by atoms with Crippen molar-refractivity contribution in [3.8, 4) is 11.5 Å². The number of hydrogen-bond acceptors (Lipinski definition) is 6. The Morgan fingerprint density at radius 2 is 1.24 bits per heavy atom. The van der Waals surface area contributed by atoms with E-state index in [-0.39, 0.29) is 35.1 Å². The zero-order chi connectivity index (χ0) is 24.4. The fourth-order valence-electron chi connectivity index (χ4n) is 3.96. The van der Waals surface area contributed by atoms with Gasteiger partial charge in [0.05, 0.1) is 13.7 Å². The topological polar surface area (TPSA) is 95.9 Å². The predicted molar refractivity (Wildman–Crippen MR) is 133 cm³/mol. The second kappa shape index (κ2) is 20.8.